The van der Waals surface area contributed by atoms with Crippen molar-refractivity contribution in [3.63, 3.8) is 0 Å². The lowest BCUT2D eigenvalue weighted by Crippen LogP contribution is -2.11. The molecule has 0 fully saturated rings. The fraction of sp³-hybridized carbons (Fsp3) is 0.278. The summed E-state index contributed by atoms with van der Waals surface area (Å²) in [4.78, 5) is 0. The maximum Gasteiger partial charge on any atom is 0.101 e. The van der Waals surface area contributed by atoms with E-state index in [1.54, 1.807) is 0 Å². The summed E-state index contributed by atoms with van der Waals surface area (Å²) in [5, 5.41) is 12.5. The van der Waals surface area contributed by atoms with Gasteiger partial charge in [0.1, 0.15) is 6.07 Å². The molecule has 108 valence electrons. The van der Waals surface area contributed by atoms with Gasteiger partial charge in [-0.2, -0.15) is 5.26 Å². The van der Waals surface area contributed by atoms with Crippen LogP contribution in [0.4, 0.5) is 5.69 Å². The molecule has 0 aliphatic rings. The molecule has 2 aromatic rings. The van der Waals surface area contributed by atoms with Crippen molar-refractivity contribution >= 4 is 21.6 Å². The van der Waals surface area contributed by atoms with Crippen molar-refractivity contribution < 1.29 is 0 Å². The van der Waals surface area contributed by atoms with Crippen molar-refractivity contribution in [3.8, 4) is 6.07 Å². The Morgan fingerprint density at radius 3 is 2.33 bits per heavy atom. The molecule has 0 unspecified atom stereocenters. The van der Waals surface area contributed by atoms with E-state index in [0.29, 0.717) is 12.1 Å². The molecule has 2 nitrogen and oxygen atoms in total. The van der Waals surface area contributed by atoms with E-state index < -0.39 is 0 Å². The second-order valence-corrected chi connectivity index (χ2v) is 7.02. The Kier molecular flexibility index (Phi) is 4.69. The quantitative estimate of drug-likeness (QED) is 0.828. The maximum absolute atomic E-state index is 9.13. The Morgan fingerprint density at radius 1 is 1.10 bits per heavy atom. The molecule has 2 rings (SSSR count). The fourth-order valence-electron chi connectivity index (χ4n) is 2.08. The van der Waals surface area contributed by atoms with E-state index in [9.17, 15) is 0 Å². The van der Waals surface area contributed by atoms with Crippen molar-refractivity contribution in [2.75, 3.05) is 5.32 Å². The van der Waals surface area contributed by atoms with Gasteiger partial charge in [-0.15, -0.1) is 0 Å². The van der Waals surface area contributed by atoms with Gasteiger partial charge in [0.05, 0.1) is 11.3 Å². The Bertz CT molecular complexity index is 661. The summed E-state index contributed by atoms with van der Waals surface area (Å²) in [7, 11) is 0. The molecule has 0 amide bonds. The van der Waals surface area contributed by atoms with Crippen LogP contribution in [0.2, 0.25) is 0 Å². The molecule has 2 aromatic carbocycles. The summed E-state index contributed by atoms with van der Waals surface area (Å²) in [5.74, 6) is 0. The SMILES string of the molecule is CC(C)(C)c1ccc(CNc2cc(Br)ccc2C#N)cc1. The van der Waals surface area contributed by atoms with Crippen LogP contribution in [0.3, 0.4) is 0 Å². The Labute approximate surface area is 134 Å². The van der Waals surface area contributed by atoms with Crippen LogP contribution in [0.15, 0.2) is 46.9 Å². The Hall–Kier alpha value is -1.79. The van der Waals surface area contributed by atoms with Gasteiger partial charge >= 0.3 is 0 Å². The molecule has 0 bridgehead atoms. The molecule has 0 aromatic heterocycles. The van der Waals surface area contributed by atoms with Crippen LogP contribution in [0.1, 0.15) is 37.5 Å². The van der Waals surface area contributed by atoms with Crippen LogP contribution in [-0.2, 0) is 12.0 Å². The normalized spacial score (nSPS) is 11.0. The smallest absolute Gasteiger partial charge is 0.101 e. The highest BCUT2D eigenvalue weighted by molar-refractivity contribution is 9.10. The molecular weight excluding hydrogens is 324 g/mol. The van der Waals surface area contributed by atoms with E-state index in [2.05, 4.69) is 72.4 Å². The molecule has 0 radical (unpaired) electrons. The van der Waals surface area contributed by atoms with Crippen LogP contribution in [0.5, 0.6) is 0 Å². The van der Waals surface area contributed by atoms with E-state index in [0.717, 1.165) is 10.2 Å². The number of benzene rings is 2. The van der Waals surface area contributed by atoms with Gasteiger partial charge in [-0.3, -0.25) is 0 Å². The summed E-state index contributed by atoms with van der Waals surface area (Å²) in [5.41, 5.74) is 4.21. The minimum atomic E-state index is 0.171. The van der Waals surface area contributed by atoms with Crippen molar-refractivity contribution in [1.29, 1.82) is 5.26 Å². The third-order valence-electron chi connectivity index (χ3n) is 3.40. The highest BCUT2D eigenvalue weighted by Crippen LogP contribution is 2.24. The molecule has 0 saturated carbocycles. The van der Waals surface area contributed by atoms with E-state index in [4.69, 9.17) is 5.26 Å². The average molecular weight is 343 g/mol. The van der Waals surface area contributed by atoms with Crippen LogP contribution in [0.25, 0.3) is 0 Å². The van der Waals surface area contributed by atoms with Gasteiger partial charge in [-0.05, 0) is 34.7 Å². The molecule has 0 saturated heterocycles. The zero-order valence-electron chi connectivity index (χ0n) is 12.6. The lowest BCUT2D eigenvalue weighted by molar-refractivity contribution is 0.590. The molecule has 21 heavy (non-hydrogen) atoms. The molecule has 0 spiro atoms. The van der Waals surface area contributed by atoms with Gasteiger partial charge in [0.2, 0.25) is 0 Å². The van der Waals surface area contributed by atoms with Crippen molar-refractivity contribution in [2.45, 2.75) is 32.7 Å². The highest BCUT2D eigenvalue weighted by atomic mass is 79.9. The molecule has 0 atom stereocenters. The van der Waals surface area contributed by atoms with Gasteiger partial charge in [-0.1, -0.05) is 61.0 Å². The molecule has 0 heterocycles. The summed E-state index contributed by atoms with van der Waals surface area (Å²) >= 11 is 3.43. The number of nitrogens with zero attached hydrogens (tertiary/aromatic N) is 1. The summed E-state index contributed by atoms with van der Waals surface area (Å²) < 4.78 is 0.965. The molecular formula is C18H19BrN2. The van der Waals surface area contributed by atoms with Gasteiger partial charge in [0, 0.05) is 11.0 Å². The number of hydrogen-bond acceptors (Lipinski definition) is 2. The number of halogens is 1. The van der Waals surface area contributed by atoms with Gasteiger partial charge in [0.25, 0.3) is 0 Å². The third-order valence-corrected chi connectivity index (χ3v) is 3.90. The predicted octanol–water partition coefficient (Wildman–Crippen LogP) is 5.23. The van der Waals surface area contributed by atoms with Gasteiger partial charge < -0.3 is 5.32 Å². The number of anilines is 1. The second kappa shape index (κ2) is 6.32. The first-order chi connectivity index (χ1) is 9.90. The number of nitrogens with one attached hydrogen (secondary N) is 1. The zero-order chi connectivity index (χ0) is 15.5. The standard InChI is InChI=1S/C18H19BrN2/c1-18(2,3)15-7-4-13(5-8-15)12-21-17-10-16(19)9-6-14(17)11-20/h4-10,21H,12H2,1-3H3. The van der Waals surface area contributed by atoms with E-state index in [-0.39, 0.29) is 5.41 Å². The average Bonchev–Trinajstić information content (AvgIpc) is 2.45. The minimum Gasteiger partial charge on any atom is -0.380 e. The van der Waals surface area contributed by atoms with E-state index in [1.165, 1.54) is 11.1 Å². The Balaban J connectivity index is 2.10. The summed E-state index contributed by atoms with van der Waals surface area (Å²) in [6.07, 6.45) is 0. The Morgan fingerprint density at radius 2 is 1.76 bits per heavy atom. The first-order valence-electron chi connectivity index (χ1n) is 6.93. The minimum absolute atomic E-state index is 0.171. The van der Waals surface area contributed by atoms with Crippen molar-refractivity contribution in [3.05, 3.63) is 63.6 Å². The predicted molar refractivity (Wildman–Crippen MR) is 91.3 cm³/mol. The van der Waals surface area contributed by atoms with Crippen LogP contribution in [-0.4, -0.2) is 0 Å². The second-order valence-electron chi connectivity index (χ2n) is 6.10. The van der Waals surface area contributed by atoms with Crippen LogP contribution >= 0.6 is 15.9 Å². The third kappa shape index (κ3) is 4.09. The maximum atomic E-state index is 9.13. The lowest BCUT2D eigenvalue weighted by Gasteiger charge is -2.19. The first kappa shape index (κ1) is 15.6. The van der Waals surface area contributed by atoms with Gasteiger partial charge in [-0.25, -0.2) is 0 Å². The number of nitriles is 1. The molecule has 3 heteroatoms. The summed E-state index contributed by atoms with van der Waals surface area (Å²) in [6.45, 7) is 7.33. The van der Waals surface area contributed by atoms with E-state index >= 15 is 0 Å². The van der Waals surface area contributed by atoms with Crippen LogP contribution < -0.4 is 5.32 Å². The number of hydrogen-bond donors (Lipinski definition) is 1. The zero-order valence-corrected chi connectivity index (χ0v) is 14.2. The molecule has 0 aliphatic heterocycles. The van der Waals surface area contributed by atoms with Crippen LogP contribution in [0, 0.1) is 11.3 Å². The first-order valence-corrected chi connectivity index (χ1v) is 7.72. The fourth-order valence-corrected chi connectivity index (χ4v) is 2.44. The van der Waals surface area contributed by atoms with E-state index in [1.807, 2.05) is 18.2 Å². The number of rotatable bonds is 3. The van der Waals surface area contributed by atoms with Crippen molar-refractivity contribution in [2.24, 2.45) is 0 Å². The topological polar surface area (TPSA) is 35.8 Å². The monoisotopic (exact) mass is 342 g/mol. The molecule has 1 N–H and O–H groups in total. The largest absolute Gasteiger partial charge is 0.380 e. The molecule has 0 aliphatic carbocycles. The highest BCUT2D eigenvalue weighted by Gasteiger charge is 2.12. The summed E-state index contributed by atoms with van der Waals surface area (Å²) in [6, 6.07) is 16.4. The van der Waals surface area contributed by atoms with Crippen molar-refractivity contribution in [1.82, 2.24) is 0 Å². The lowest BCUT2D eigenvalue weighted by atomic mass is 9.87. The van der Waals surface area contributed by atoms with Gasteiger partial charge in [0.15, 0.2) is 0 Å².